The summed E-state index contributed by atoms with van der Waals surface area (Å²) in [5, 5.41) is 6.20. The highest BCUT2D eigenvalue weighted by atomic mass is 16.1. The van der Waals surface area contributed by atoms with E-state index in [4.69, 9.17) is 0 Å². The molecule has 110 valence electrons. The molecule has 1 aromatic carbocycles. The number of nitrogens with zero attached hydrogens (tertiary/aromatic N) is 1. The van der Waals surface area contributed by atoms with Gasteiger partial charge in [0.2, 0.25) is 5.91 Å². The average Bonchev–Trinajstić information content (AvgIpc) is 2.50. The first-order valence-corrected chi connectivity index (χ1v) is 7.22. The summed E-state index contributed by atoms with van der Waals surface area (Å²) in [7, 11) is 0. The number of pyridine rings is 1. The first-order chi connectivity index (χ1) is 10.2. The van der Waals surface area contributed by atoms with Gasteiger partial charge in [0.05, 0.1) is 18.2 Å². The maximum Gasteiger partial charge on any atom is 0.224 e. The lowest BCUT2D eigenvalue weighted by Crippen LogP contribution is -2.24. The number of anilines is 1. The number of aromatic nitrogens is 1. The highest BCUT2D eigenvalue weighted by Crippen LogP contribution is 2.18. The average molecular weight is 283 g/mol. The molecule has 1 unspecified atom stereocenters. The van der Waals surface area contributed by atoms with Crippen LogP contribution in [0.25, 0.3) is 0 Å². The topological polar surface area (TPSA) is 54.0 Å². The third-order valence-electron chi connectivity index (χ3n) is 3.21. The molecule has 0 aliphatic heterocycles. The minimum atomic E-state index is 0.0556. The Morgan fingerprint density at radius 1 is 1.19 bits per heavy atom. The molecule has 2 N–H and O–H groups in total. The predicted octanol–water partition coefficient (Wildman–Crippen LogP) is 2.93. The second kappa shape index (κ2) is 7.43. The number of benzene rings is 1. The number of carbonyl (C=O) groups excluding carboxylic acids is 1. The van der Waals surface area contributed by atoms with Crippen molar-refractivity contribution in [2.24, 2.45) is 0 Å². The molecule has 0 spiro atoms. The molecular formula is C17H21N3O. The molecule has 21 heavy (non-hydrogen) atoms. The Balaban J connectivity index is 1.95. The summed E-state index contributed by atoms with van der Waals surface area (Å²) in [6.07, 6.45) is 2.22. The molecule has 4 nitrogen and oxygen atoms in total. The predicted molar refractivity (Wildman–Crippen MR) is 85.1 cm³/mol. The van der Waals surface area contributed by atoms with Crippen molar-refractivity contribution in [3.05, 3.63) is 59.9 Å². The van der Waals surface area contributed by atoms with E-state index in [9.17, 15) is 4.79 Å². The number of nitrogens with one attached hydrogen (secondary N) is 2. The van der Waals surface area contributed by atoms with Gasteiger partial charge in [-0.15, -0.1) is 0 Å². The highest BCUT2D eigenvalue weighted by molar-refractivity contribution is 5.78. The quantitative estimate of drug-likeness (QED) is 0.857. The Hall–Kier alpha value is -2.36. The van der Waals surface area contributed by atoms with Crippen molar-refractivity contribution in [3.8, 4) is 0 Å². The van der Waals surface area contributed by atoms with Gasteiger partial charge in [-0.3, -0.25) is 9.78 Å². The van der Waals surface area contributed by atoms with Gasteiger partial charge in [0, 0.05) is 18.4 Å². The Morgan fingerprint density at radius 2 is 1.95 bits per heavy atom. The van der Waals surface area contributed by atoms with Crippen molar-refractivity contribution in [3.63, 3.8) is 0 Å². The van der Waals surface area contributed by atoms with E-state index in [0.29, 0.717) is 13.0 Å². The van der Waals surface area contributed by atoms with Crippen LogP contribution in [0.3, 0.4) is 0 Å². The lowest BCUT2D eigenvalue weighted by atomic mass is 10.1. The molecule has 0 saturated carbocycles. The zero-order chi connectivity index (χ0) is 15.1. The first kappa shape index (κ1) is 15.0. The number of likely N-dealkylation sites (N-methyl/N-ethyl adjacent to an activating group) is 1. The molecule has 0 saturated heterocycles. The summed E-state index contributed by atoms with van der Waals surface area (Å²) in [5.41, 5.74) is 3.04. The third-order valence-corrected chi connectivity index (χ3v) is 3.21. The lowest BCUT2D eigenvalue weighted by molar-refractivity contribution is -0.120. The van der Waals surface area contributed by atoms with E-state index in [1.165, 1.54) is 0 Å². The van der Waals surface area contributed by atoms with Gasteiger partial charge >= 0.3 is 0 Å². The smallest absolute Gasteiger partial charge is 0.224 e. The van der Waals surface area contributed by atoms with Crippen LogP contribution in [0.1, 0.15) is 31.1 Å². The maximum absolute atomic E-state index is 11.5. The van der Waals surface area contributed by atoms with Crippen molar-refractivity contribution >= 4 is 11.6 Å². The lowest BCUT2D eigenvalue weighted by Gasteiger charge is -2.15. The number of rotatable bonds is 6. The summed E-state index contributed by atoms with van der Waals surface area (Å²) in [5.74, 6) is 0.0556. The molecule has 0 aliphatic carbocycles. The Kier molecular flexibility index (Phi) is 5.32. The van der Waals surface area contributed by atoms with Crippen LogP contribution in [0, 0.1) is 0 Å². The van der Waals surface area contributed by atoms with E-state index in [2.05, 4.69) is 22.5 Å². The van der Waals surface area contributed by atoms with Crippen LogP contribution in [0.15, 0.2) is 48.7 Å². The molecule has 1 aromatic heterocycles. The van der Waals surface area contributed by atoms with Gasteiger partial charge in [0.15, 0.2) is 0 Å². The van der Waals surface area contributed by atoms with Gasteiger partial charge in [0.1, 0.15) is 0 Å². The summed E-state index contributed by atoms with van der Waals surface area (Å²) in [6, 6.07) is 14.0. The molecule has 0 fully saturated rings. The third kappa shape index (κ3) is 4.60. The SMILES string of the molecule is CCNC(=O)Cc1ccc(NC(C)c2ccccn2)cc1. The van der Waals surface area contributed by atoms with Crippen molar-refractivity contribution in [2.75, 3.05) is 11.9 Å². The van der Waals surface area contributed by atoms with Crippen molar-refractivity contribution in [1.29, 1.82) is 0 Å². The van der Waals surface area contributed by atoms with Crippen LogP contribution < -0.4 is 10.6 Å². The fraction of sp³-hybridized carbons (Fsp3) is 0.294. The summed E-state index contributed by atoms with van der Waals surface area (Å²) < 4.78 is 0. The van der Waals surface area contributed by atoms with Crippen LogP contribution in [-0.2, 0) is 11.2 Å². The number of carbonyl (C=O) groups is 1. The highest BCUT2D eigenvalue weighted by Gasteiger charge is 2.06. The molecular weight excluding hydrogens is 262 g/mol. The van der Waals surface area contributed by atoms with Crippen LogP contribution in [-0.4, -0.2) is 17.4 Å². The fourth-order valence-corrected chi connectivity index (χ4v) is 2.12. The maximum atomic E-state index is 11.5. The van der Waals surface area contributed by atoms with Crippen molar-refractivity contribution in [1.82, 2.24) is 10.3 Å². The van der Waals surface area contributed by atoms with E-state index in [1.807, 2.05) is 49.4 Å². The molecule has 0 bridgehead atoms. The monoisotopic (exact) mass is 283 g/mol. The van der Waals surface area contributed by atoms with Crippen molar-refractivity contribution in [2.45, 2.75) is 26.3 Å². The van der Waals surface area contributed by atoms with Gasteiger partial charge < -0.3 is 10.6 Å². The van der Waals surface area contributed by atoms with Gasteiger partial charge in [0.25, 0.3) is 0 Å². The summed E-state index contributed by atoms with van der Waals surface area (Å²) in [6.45, 7) is 4.66. The van der Waals surface area contributed by atoms with Crippen LogP contribution >= 0.6 is 0 Å². The molecule has 2 rings (SSSR count). The van der Waals surface area contributed by atoms with Gasteiger partial charge in [-0.2, -0.15) is 0 Å². The summed E-state index contributed by atoms with van der Waals surface area (Å²) >= 11 is 0. The van der Waals surface area contributed by atoms with E-state index < -0.39 is 0 Å². The molecule has 1 atom stereocenters. The molecule has 0 radical (unpaired) electrons. The largest absolute Gasteiger partial charge is 0.377 e. The minimum Gasteiger partial charge on any atom is -0.377 e. The minimum absolute atomic E-state index is 0.0556. The normalized spacial score (nSPS) is 11.7. The standard InChI is InChI=1S/C17H21N3O/c1-3-18-17(21)12-14-7-9-15(10-8-14)20-13(2)16-6-4-5-11-19-16/h4-11,13,20H,3,12H2,1-2H3,(H,18,21). The second-order valence-electron chi connectivity index (χ2n) is 4.95. The van der Waals surface area contributed by atoms with E-state index in [-0.39, 0.29) is 11.9 Å². The van der Waals surface area contributed by atoms with Gasteiger partial charge in [-0.25, -0.2) is 0 Å². The molecule has 2 aromatic rings. The first-order valence-electron chi connectivity index (χ1n) is 7.22. The number of amides is 1. The van der Waals surface area contributed by atoms with Crippen molar-refractivity contribution < 1.29 is 4.79 Å². The van der Waals surface area contributed by atoms with Crippen LogP contribution in [0.4, 0.5) is 5.69 Å². The van der Waals surface area contributed by atoms with E-state index >= 15 is 0 Å². The van der Waals surface area contributed by atoms with E-state index in [1.54, 1.807) is 6.20 Å². The Labute approximate surface area is 125 Å². The number of hydrogen-bond donors (Lipinski definition) is 2. The number of hydrogen-bond acceptors (Lipinski definition) is 3. The van der Waals surface area contributed by atoms with Crippen LogP contribution in [0.2, 0.25) is 0 Å². The molecule has 4 heteroatoms. The molecule has 1 amide bonds. The Morgan fingerprint density at radius 3 is 2.57 bits per heavy atom. The summed E-state index contributed by atoms with van der Waals surface area (Å²) in [4.78, 5) is 15.9. The fourth-order valence-electron chi connectivity index (χ4n) is 2.12. The zero-order valence-electron chi connectivity index (χ0n) is 12.5. The van der Waals surface area contributed by atoms with Crippen LogP contribution in [0.5, 0.6) is 0 Å². The van der Waals surface area contributed by atoms with Gasteiger partial charge in [-0.1, -0.05) is 18.2 Å². The van der Waals surface area contributed by atoms with Gasteiger partial charge in [-0.05, 0) is 43.7 Å². The zero-order valence-corrected chi connectivity index (χ0v) is 12.5. The van der Waals surface area contributed by atoms with E-state index in [0.717, 1.165) is 16.9 Å². The Bertz CT molecular complexity index is 566. The molecule has 1 heterocycles. The second-order valence-corrected chi connectivity index (χ2v) is 4.95. The molecule has 0 aliphatic rings.